The van der Waals surface area contributed by atoms with Crippen molar-refractivity contribution >= 4 is 21.7 Å². The Morgan fingerprint density at radius 2 is 2.21 bits per heavy atom. The van der Waals surface area contributed by atoms with Gasteiger partial charge in [-0.3, -0.25) is 0 Å². The lowest BCUT2D eigenvalue weighted by atomic mass is 9.99. The average molecular weight is 326 g/mol. The largest absolute Gasteiger partial charge is 0.384 e. The summed E-state index contributed by atoms with van der Waals surface area (Å²) in [6.07, 6.45) is 4.95. The molecule has 0 aromatic carbocycles. The van der Waals surface area contributed by atoms with Gasteiger partial charge in [0.2, 0.25) is 0 Å². The number of methoxy groups -OCH3 is 1. The van der Waals surface area contributed by atoms with Crippen LogP contribution in [0, 0.1) is 5.92 Å². The maximum absolute atomic E-state index is 5.29. The molecule has 1 aliphatic heterocycles. The Kier molecular flexibility index (Phi) is 4.03. The number of ether oxygens (including phenoxy) is 1. The zero-order chi connectivity index (χ0) is 13.2. The molecule has 4 nitrogen and oxygen atoms in total. The number of hydrogen-bond acceptors (Lipinski definition) is 4. The van der Waals surface area contributed by atoms with E-state index in [1.165, 1.54) is 25.7 Å². The lowest BCUT2D eigenvalue weighted by Gasteiger charge is -2.33. The number of anilines is 1. The van der Waals surface area contributed by atoms with Gasteiger partial charge in [-0.1, -0.05) is 0 Å². The summed E-state index contributed by atoms with van der Waals surface area (Å²) in [6, 6.07) is 2.04. The van der Waals surface area contributed by atoms with Crippen molar-refractivity contribution in [3.8, 4) is 0 Å². The summed E-state index contributed by atoms with van der Waals surface area (Å²) in [5.74, 6) is 3.30. The summed E-state index contributed by atoms with van der Waals surface area (Å²) >= 11 is 3.52. The van der Waals surface area contributed by atoms with Gasteiger partial charge in [-0.15, -0.1) is 0 Å². The molecule has 0 bridgehead atoms. The lowest BCUT2D eigenvalue weighted by molar-refractivity contribution is 0.143. The van der Waals surface area contributed by atoms with Crippen molar-refractivity contribution in [1.82, 2.24) is 9.97 Å². The molecule has 1 unspecified atom stereocenters. The van der Waals surface area contributed by atoms with Crippen LogP contribution < -0.4 is 4.90 Å². The zero-order valence-corrected chi connectivity index (χ0v) is 12.9. The van der Waals surface area contributed by atoms with E-state index in [1.54, 1.807) is 7.11 Å². The van der Waals surface area contributed by atoms with Crippen LogP contribution in [0.1, 0.15) is 37.4 Å². The van der Waals surface area contributed by atoms with Crippen LogP contribution in [0.5, 0.6) is 0 Å². The van der Waals surface area contributed by atoms with Crippen molar-refractivity contribution < 1.29 is 4.74 Å². The van der Waals surface area contributed by atoms with Crippen LogP contribution in [0.4, 0.5) is 5.82 Å². The van der Waals surface area contributed by atoms with Gasteiger partial charge in [-0.05, 0) is 47.5 Å². The molecule has 0 amide bonds. The van der Waals surface area contributed by atoms with Crippen LogP contribution >= 0.6 is 15.9 Å². The number of hydrogen-bond donors (Lipinski definition) is 0. The monoisotopic (exact) mass is 325 g/mol. The molecular formula is C14H20BrN3O. The van der Waals surface area contributed by atoms with Crippen molar-refractivity contribution in [2.45, 2.75) is 31.6 Å². The summed E-state index contributed by atoms with van der Waals surface area (Å²) in [5, 5.41) is 0. The van der Waals surface area contributed by atoms with Gasteiger partial charge in [0.05, 0.1) is 6.61 Å². The molecule has 3 rings (SSSR count). The minimum absolute atomic E-state index is 0.593. The highest BCUT2D eigenvalue weighted by Crippen LogP contribution is 2.39. The Balaban J connectivity index is 1.76. The smallest absolute Gasteiger partial charge is 0.135 e. The molecule has 0 radical (unpaired) electrons. The van der Waals surface area contributed by atoms with Crippen LogP contribution in [-0.4, -0.2) is 36.8 Å². The van der Waals surface area contributed by atoms with Gasteiger partial charge in [-0.2, -0.15) is 0 Å². The number of nitrogens with zero attached hydrogens (tertiary/aromatic N) is 3. The molecule has 104 valence electrons. The van der Waals surface area contributed by atoms with E-state index in [1.807, 2.05) is 6.07 Å². The summed E-state index contributed by atoms with van der Waals surface area (Å²) in [5.41, 5.74) is 0. The minimum atomic E-state index is 0.593. The van der Waals surface area contributed by atoms with Gasteiger partial charge in [0.15, 0.2) is 0 Å². The normalized spacial score (nSPS) is 23.7. The van der Waals surface area contributed by atoms with Gasteiger partial charge in [0.1, 0.15) is 16.2 Å². The molecule has 1 saturated carbocycles. The van der Waals surface area contributed by atoms with E-state index >= 15 is 0 Å². The Bertz CT molecular complexity index is 448. The van der Waals surface area contributed by atoms with Crippen LogP contribution in [0.2, 0.25) is 0 Å². The van der Waals surface area contributed by atoms with E-state index in [2.05, 4.69) is 25.8 Å². The minimum Gasteiger partial charge on any atom is -0.384 e. The maximum Gasteiger partial charge on any atom is 0.135 e. The SMILES string of the molecule is COCC1CCCN(c2cc(Br)nc(C3CC3)n2)C1. The molecule has 1 aromatic rings. The molecule has 1 saturated heterocycles. The van der Waals surface area contributed by atoms with E-state index in [4.69, 9.17) is 9.72 Å². The quantitative estimate of drug-likeness (QED) is 0.798. The van der Waals surface area contributed by atoms with Gasteiger partial charge in [0, 0.05) is 32.2 Å². The predicted molar refractivity (Wildman–Crippen MR) is 78.5 cm³/mol. The fourth-order valence-corrected chi connectivity index (χ4v) is 3.14. The fourth-order valence-electron chi connectivity index (χ4n) is 2.75. The van der Waals surface area contributed by atoms with Crippen molar-refractivity contribution in [3.05, 3.63) is 16.5 Å². The second-order valence-electron chi connectivity index (χ2n) is 5.59. The van der Waals surface area contributed by atoms with E-state index in [0.29, 0.717) is 11.8 Å². The Hall–Kier alpha value is -0.680. The molecule has 19 heavy (non-hydrogen) atoms. The molecule has 0 spiro atoms. The highest BCUT2D eigenvalue weighted by molar-refractivity contribution is 9.10. The molecule has 5 heteroatoms. The van der Waals surface area contributed by atoms with E-state index in [0.717, 1.165) is 35.9 Å². The predicted octanol–water partition coefficient (Wildman–Crippen LogP) is 2.98. The number of rotatable bonds is 4. The van der Waals surface area contributed by atoms with Gasteiger partial charge in [-0.25, -0.2) is 9.97 Å². The summed E-state index contributed by atoms with van der Waals surface area (Å²) < 4.78 is 6.20. The van der Waals surface area contributed by atoms with Gasteiger partial charge in [0.25, 0.3) is 0 Å². The van der Waals surface area contributed by atoms with E-state index in [9.17, 15) is 0 Å². The number of aromatic nitrogens is 2. The fraction of sp³-hybridized carbons (Fsp3) is 0.714. The Morgan fingerprint density at radius 3 is 2.95 bits per heavy atom. The van der Waals surface area contributed by atoms with Crippen molar-refractivity contribution in [1.29, 1.82) is 0 Å². The van der Waals surface area contributed by atoms with Crippen molar-refractivity contribution in [3.63, 3.8) is 0 Å². The molecule has 2 aliphatic rings. The third-order valence-corrected chi connectivity index (χ3v) is 4.29. The first kappa shape index (κ1) is 13.3. The van der Waals surface area contributed by atoms with Gasteiger partial charge >= 0.3 is 0 Å². The Morgan fingerprint density at radius 1 is 1.37 bits per heavy atom. The first-order valence-corrected chi connectivity index (χ1v) is 7.84. The number of piperidine rings is 1. The molecule has 2 heterocycles. The zero-order valence-electron chi connectivity index (χ0n) is 11.3. The molecule has 1 aliphatic carbocycles. The third kappa shape index (κ3) is 3.26. The molecule has 2 fully saturated rings. The van der Waals surface area contributed by atoms with Crippen molar-refractivity contribution in [2.24, 2.45) is 5.92 Å². The third-order valence-electron chi connectivity index (χ3n) is 3.89. The Labute approximate surface area is 122 Å². The summed E-state index contributed by atoms with van der Waals surface area (Å²) in [7, 11) is 1.78. The molecule has 1 aromatic heterocycles. The van der Waals surface area contributed by atoms with Crippen LogP contribution in [0.25, 0.3) is 0 Å². The first-order chi connectivity index (χ1) is 9.26. The molecular weight excluding hydrogens is 306 g/mol. The van der Waals surface area contributed by atoms with Gasteiger partial charge < -0.3 is 9.64 Å². The summed E-state index contributed by atoms with van der Waals surface area (Å²) in [4.78, 5) is 11.6. The maximum atomic E-state index is 5.29. The van der Waals surface area contributed by atoms with E-state index in [-0.39, 0.29) is 0 Å². The van der Waals surface area contributed by atoms with Crippen LogP contribution in [0.3, 0.4) is 0 Å². The summed E-state index contributed by atoms with van der Waals surface area (Å²) in [6.45, 7) is 2.98. The topological polar surface area (TPSA) is 38.2 Å². The standard InChI is InChI=1S/C14H20BrN3O/c1-19-9-10-3-2-6-18(8-10)13-7-12(15)16-14(17-13)11-4-5-11/h7,10-11H,2-6,8-9H2,1H3. The van der Waals surface area contributed by atoms with E-state index < -0.39 is 0 Å². The highest BCUT2D eigenvalue weighted by atomic mass is 79.9. The second-order valence-corrected chi connectivity index (χ2v) is 6.40. The highest BCUT2D eigenvalue weighted by Gasteiger charge is 2.28. The molecule has 1 atom stereocenters. The second kappa shape index (κ2) is 5.75. The van der Waals surface area contributed by atoms with Crippen LogP contribution in [0.15, 0.2) is 10.7 Å². The molecule has 0 N–H and O–H groups in total. The lowest BCUT2D eigenvalue weighted by Crippen LogP contribution is -2.37. The van der Waals surface area contributed by atoms with Crippen LogP contribution in [-0.2, 0) is 4.74 Å². The number of halogens is 1. The average Bonchev–Trinajstić information content (AvgIpc) is 3.23. The van der Waals surface area contributed by atoms with Crippen molar-refractivity contribution in [2.75, 3.05) is 31.7 Å². The first-order valence-electron chi connectivity index (χ1n) is 7.04.